The van der Waals surface area contributed by atoms with Crippen molar-refractivity contribution in [2.24, 2.45) is 11.8 Å². The van der Waals surface area contributed by atoms with Crippen LogP contribution in [0.15, 0.2) is 41.1 Å². The summed E-state index contributed by atoms with van der Waals surface area (Å²) >= 11 is 0. The number of nitrogens with zero attached hydrogens (tertiary/aromatic N) is 4. The van der Waals surface area contributed by atoms with Crippen LogP contribution in [0.2, 0.25) is 0 Å². The fourth-order valence-electron chi connectivity index (χ4n) is 3.85. The van der Waals surface area contributed by atoms with Crippen LogP contribution in [0.5, 0.6) is 0 Å². The van der Waals surface area contributed by atoms with Crippen LogP contribution < -0.4 is 0 Å². The van der Waals surface area contributed by atoms with Gasteiger partial charge in [-0.2, -0.15) is 23.3 Å². The van der Waals surface area contributed by atoms with E-state index in [1.165, 1.54) is 6.20 Å². The second-order valence-corrected chi connectivity index (χ2v) is 6.87. The number of halogens is 3. The Morgan fingerprint density at radius 2 is 1.89 bits per heavy atom. The third-order valence-corrected chi connectivity index (χ3v) is 5.26. The standard InChI is InChI=1S/C18H13F3N4O2/c19-18(20,21)13-7-8-25(23-13)10-3-1-9(2-4-10)16-22-17(27-24-16)15-11-5-6-12(26)14(11)15/h1-4,7-8,11,14-15H,5-6H2. The average Bonchev–Trinajstić information content (AvgIpc) is 3.09. The van der Waals surface area contributed by atoms with Crippen molar-refractivity contribution in [2.75, 3.05) is 0 Å². The number of fused-ring (bicyclic) bond motifs is 1. The number of rotatable bonds is 3. The molecule has 0 N–H and O–H groups in total. The number of alkyl halides is 3. The molecule has 6 nitrogen and oxygen atoms in total. The molecule has 2 saturated carbocycles. The number of ketones is 1. The minimum absolute atomic E-state index is 0.0309. The van der Waals surface area contributed by atoms with E-state index in [0.29, 0.717) is 35.3 Å². The van der Waals surface area contributed by atoms with Gasteiger partial charge in [-0.25, -0.2) is 4.68 Å². The third-order valence-electron chi connectivity index (χ3n) is 5.26. The van der Waals surface area contributed by atoms with Crippen molar-refractivity contribution in [3.8, 4) is 17.1 Å². The summed E-state index contributed by atoms with van der Waals surface area (Å²) in [6.45, 7) is 0. The highest BCUT2D eigenvalue weighted by atomic mass is 19.4. The van der Waals surface area contributed by atoms with Crippen LogP contribution in [-0.4, -0.2) is 25.7 Å². The second kappa shape index (κ2) is 5.51. The molecule has 27 heavy (non-hydrogen) atoms. The Labute approximate surface area is 151 Å². The van der Waals surface area contributed by atoms with Crippen molar-refractivity contribution in [2.45, 2.75) is 24.9 Å². The molecule has 2 aromatic heterocycles. The average molecular weight is 374 g/mol. The van der Waals surface area contributed by atoms with Crippen molar-refractivity contribution < 1.29 is 22.5 Å². The highest BCUT2D eigenvalue weighted by molar-refractivity contribution is 5.88. The van der Waals surface area contributed by atoms with E-state index in [1.807, 2.05) is 0 Å². The number of benzene rings is 1. The normalized spacial score (nSPS) is 24.3. The minimum atomic E-state index is -4.48. The molecule has 138 valence electrons. The summed E-state index contributed by atoms with van der Waals surface area (Å²) in [7, 11) is 0. The zero-order chi connectivity index (χ0) is 18.8. The summed E-state index contributed by atoms with van der Waals surface area (Å²) in [6, 6.07) is 7.57. The zero-order valence-corrected chi connectivity index (χ0v) is 13.8. The molecule has 2 heterocycles. The molecule has 0 bridgehead atoms. The van der Waals surface area contributed by atoms with E-state index >= 15 is 0 Å². The maximum Gasteiger partial charge on any atom is 0.435 e. The van der Waals surface area contributed by atoms with Crippen molar-refractivity contribution in [3.63, 3.8) is 0 Å². The number of carbonyl (C=O) groups excluding carboxylic acids is 1. The summed E-state index contributed by atoms with van der Waals surface area (Å²) < 4.78 is 44.5. The van der Waals surface area contributed by atoms with E-state index in [9.17, 15) is 18.0 Å². The van der Waals surface area contributed by atoms with Crippen molar-refractivity contribution in [3.05, 3.63) is 48.1 Å². The lowest BCUT2D eigenvalue weighted by atomic mass is 10.1. The van der Waals surface area contributed by atoms with Gasteiger partial charge in [0.1, 0.15) is 5.78 Å². The van der Waals surface area contributed by atoms with Crippen LogP contribution in [0.25, 0.3) is 17.1 Å². The van der Waals surface area contributed by atoms with E-state index in [1.54, 1.807) is 24.3 Å². The Morgan fingerprint density at radius 1 is 1.11 bits per heavy atom. The van der Waals surface area contributed by atoms with Gasteiger partial charge in [0.15, 0.2) is 5.69 Å². The molecule has 2 aliphatic rings. The van der Waals surface area contributed by atoms with Crippen LogP contribution >= 0.6 is 0 Å². The first-order valence-electron chi connectivity index (χ1n) is 8.52. The molecule has 0 saturated heterocycles. The molecule has 2 aliphatic carbocycles. The maximum atomic E-state index is 12.7. The van der Waals surface area contributed by atoms with Gasteiger partial charge in [0.25, 0.3) is 0 Å². The Bertz CT molecular complexity index is 1020. The van der Waals surface area contributed by atoms with Gasteiger partial charge in [0.2, 0.25) is 11.7 Å². The van der Waals surface area contributed by atoms with Crippen LogP contribution in [0.3, 0.4) is 0 Å². The lowest BCUT2D eigenvalue weighted by Gasteiger charge is -2.03. The van der Waals surface area contributed by atoms with Crippen molar-refractivity contribution in [1.29, 1.82) is 0 Å². The van der Waals surface area contributed by atoms with E-state index in [0.717, 1.165) is 17.2 Å². The lowest BCUT2D eigenvalue weighted by Crippen LogP contribution is -2.07. The summed E-state index contributed by atoms with van der Waals surface area (Å²) in [5.74, 6) is 1.55. The summed E-state index contributed by atoms with van der Waals surface area (Å²) in [4.78, 5) is 16.1. The van der Waals surface area contributed by atoms with Crippen LogP contribution in [0.1, 0.15) is 30.3 Å². The number of hydrogen-bond acceptors (Lipinski definition) is 5. The first-order valence-corrected chi connectivity index (χ1v) is 8.52. The minimum Gasteiger partial charge on any atom is -0.339 e. The largest absolute Gasteiger partial charge is 0.435 e. The number of carbonyl (C=O) groups is 1. The van der Waals surface area contributed by atoms with Crippen LogP contribution in [0, 0.1) is 11.8 Å². The molecule has 2 fully saturated rings. The second-order valence-electron chi connectivity index (χ2n) is 6.87. The number of hydrogen-bond donors (Lipinski definition) is 0. The molecule has 9 heteroatoms. The fraction of sp³-hybridized carbons (Fsp3) is 0.333. The zero-order valence-electron chi connectivity index (χ0n) is 13.8. The Balaban J connectivity index is 1.35. The van der Waals surface area contributed by atoms with Gasteiger partial charge in [-0.1, -0.05) is 5.16 Å². The predicted octanol–water partition coefficient (Wildman–Crippen LogP) is 3.63. The molecule has 0 amide bonds. The quantitative estimate of drug-likeness (QED) is 0.700. The first kappa shape index (κ1) is 16.2. The summed E-state index contributed by atoms with van der Waals surface area (Å²) in [5.41, 5.74) is 0.216. The van der Waals surface area contributed by atoms with Gasteiger partial charge in [-0.15, -0.1) is 0 Å². The molecule has 0 aliphatic heterocycles. The molecule has 0 spiro atoms. The highest BCUT2D eigenvalue weighted by Crippen LogP contribution is 2.61. The van der Waals surface area contributed by atoms with E-state index in [4.69, 9.17) is 4.52 Å². The third kappa shape index (κ3) is 2.65. The van der Waals surface area contributed by atoms with E-state index in [2.05, 4.69) is 15.2 Å². The Kier molecular flexibility index (Phi) is 3.31. The van der Waals surface area contributed by atoms with Gasteiger partial charge in [0, 0.05) is 24.1 Å². The topological polar surface area (TPSA) is 73.8 Å². The lowest BCUT2D eigenvalue weighted by molar-refractivity contribution is -0.141. The maximum absolute atomic E-state index is 12.7. The molecule has 3 unspecified atom stereocenters. The molecule has 3 aromatic rings. The Morgan fingerprint density at radius 3 is 2.52 bits per heavy atom. The van der Waals surface area contributed by atoms with Gasteiger partial charge in [-0.3, -0.25) is 4.79 Å². The summed E-state index contributed by atoms with van der Waals surface area (Å²) in [5, 5.41) is 7.51. The Hall–Kier alpha value is -2.97. The predicted molar refractivity (Wildman–Crippen MR) is 85.8 cm³/mol. The molecule has 0 radical (unpaired) electrons. The van der Waals surface area contributed by atoms with Gasteiger partial charge in [0.05, 0.1) is 11.6 Å². The molecular formula is C18H13F3N4O2. The smallest absolute Gasteiger partial charge is 0.339 e. The van der Waals surface area contributed by atoms with Crippen LogP contribution in [-0.2, 0) is 11.0 Å². The van der Waals surface area contributed by atoms with Gasteiger partial charge >= 0.3 is 6.18 Å². The van der Waals surface area contributed by atoms with Gasteiger partial charge < -0.3 is 4.52 Å². The molecule has 5 rings (SSSR count). The number of aromatic nitrogens is 4. The SMILES string of the molecule is O=C1CCC2C1C2c1nc(-c2ccc(-n3ccc(C(F)(F)F)n3)cc2)no1. The summed E-state index contributed by atoms with van der Waals surface area (Å²) in [6.07, 6.45) is -1.70. The molecular weight excluding hydrogens is 361 g/mol. The number of Topliss-reactive ketones (excluding diaryl/α,β-unsaturated/α-hetero) is 1. The van der Waals surface area contributed by atoms with Crippen molar-refractivity contribution in [1.82, 2.24) is 19.9 Å². The molecule has 1 aromatic carbocycles. The van der Waals surface area contributed by atoms with E-state index < -0.39 is 11.9 Å². The molecule has 3 atom stereocenters. The monoisotopic (exact) mass is 374 g/mol. The fourth-order valence-corrected chi connectivity index (χ4v) is 3.85. The van der Waals surface area contributed by atoms with Crippen molar-refractivity contribution >= 4 is 5.78 Å². The first-order chi connectivity index (χ1) is 12.9. The highest BCUT2D eigenvalue weighted by Gasteiger charge is 2.61. The van der Waals surface area contributed by atoms with Gasteiger partial charge in [-0.05, 0) is 42.7 Å². The van der Waals surface area contributed by atoms with E-state index in [-0.39, 0.29) is 17.6 Å². The van der Waals surface area contributed by atoms with Crippen LogP contribution in [0.4, 0.5) is 13.2 Å².